The molecule has 2 N–H and O–H groups in total. The van der Waals surface area contributed by atoms with Crippen LogP contribution in [-0.4, -0.2) is 53.6 Å². The molecule has 0 rings (SSSR count). The van der Waals surface area contributed by atoms with Gasteiger partial charge in [-0.25, -0.2) is 0 Å². The van der Waals surface area contributed by atoms with Crippen LogP contribution in [0.25, 0.3) is 0 Å². The summed E-state index contributed by atoms with van der Waals surface area (Å²) in [5.41, 5.74) is 0. The lowest BCUT2D eigenvalue weighted by Crippen LogP contribution is -2.53. The van der Waals surface area contributed by atoms with E-state index in [4.69, 9.17) is 0 Å². The van der Waals surface area contributed by atoms with Crippen LogP contribution in [0.15, 0.2) is 0 Å². The molecule has 2 atom stereocenters. The van der Waals surface area contributed by atoms with Crippen molar-refractivity contribution in [1.82, 2.24) is 0 Å². The third kappa shape index (κ3) is 8.06. The minimum atomic E-state index is -0.245. The quantitative estimate of drug-likeness (QED) is 0.443. The Morgan fingerprint density at radius 2 is 1.33 bits per heavy atom. The van der Waals surface area contributed by atoms with Gasteiger partial charge in [0.25, 0.3) is 0 Å². The van der Waals surface area contributed by atoms with Crippen molar-refractivity contribution >= 4 is 0 Å². The average molecular weight is 260 g/mol. The number of rotatable bonds is 11. The lowest BCUT2D eigenvalue weighted by atomic mass is 10.1. The Morgan fingerprint density at radius 3 is 1.72 bits per heavy atom. The first-order valence-corrected chi connectivity index (χ1v) is 7.67. The number of aliphatic hydroxyl groups excluding tert-OH is 2. The Labute approximate surface area is 113 Å². The Bertz CT molecular complexity index is 185. The van der Waals surface area contributed by atoms with E-state index >= 15 is 0 Å². The number of hydrogen-bond donors (Lipinski definition) is 2. The molecule has 0 aliphatic heterocycles. The van der Waals surface area contributed by atoms with Gasteiger partial charge in [0.1, 0.15) is 25.3 Å². The molecule has 0 aliphatic rings. The molecule has 110 valence electrons. The number of aliphatic hydroxyl groups is 2. The van der Waals surface area contributed by atoms with E-state index in [0.29, 0.717) is 0 Å². The van der Waals surface area contributed by atoms with Crippen molar-refractivity contribution in [3.63, 3.8) is 0 Å². The number of nitrogens with zero attached hydrogens (tertiary/aromatic N) is 1. The lowest BCUT2D eigenvalue weighted by Gasteiger charge is -2.37. The largest absolute Gasteiger partial charge is 0.387 e. The summed E-state index contributed by atoms with van der Waals surface area (Å²) >= 11 is 0. The van der Waals surface area contributed by atoms with Crippen molar-refractivity contribution in [2.75, 3.05) is 26.7 Å². The number of quaternary nitrogens is 1. The van der Waals surface area contributed by atoms with Crippen molar-refractivity contribution in [2.45, 2.75) is 71.5 Å². The van der Waals surface area contributed by atoms with Crippen molar-refractivity contribution in [3.05, 3.63) is 0 Å². The van der Waals surface area contributed by atoms with Crippen LogP contribution in [0.1, 0.15) is 59.3 Å². The molecule has 0 saturated heterocycles. The maximum atomic E-state index is 9.88. The molecule has 0 fully saturated rings. The zero-order chi connectivity index (χ0) is 14.0. The summed E-state index contributed by atoms with van der Waals surface area (Å²) in [7, 11) is 2.17. The standard InChI is InChI=1S/C15H34NO2/c1-5-8-9-10-11-16(4,12-14(17)6-2)13-15(18)7-3/h14-15,17-18H,5-13H2,1-4H3/q+1. The molecule has 0 saturated carbocycles. The Hall–Kier alpha value is -0.120. The number of likely N-dealkylation sites (N-methyl/N-ethyl adjacent to an activating group) is 1. The van der Waals surface area contributed by atoms with E-state index in [0.717, 1.165) is 37.0 Å². The fourth-order valence-electron chi connectivity index (χ4n) is 2.45. The molecule has 0 spiro atoms. The molecular weight excluding hydrogens is 226 g/mol. The zero-order valence-corrected chi connectivity index (χ0v) is 12.9. The smallest absolute Gasteiger partial charge is 0.105 e. The van der Waals surface area contributed by atoms with Gasteiger partial charge < -0.3 is 14.7 Å². The van der Waals surface area contributed by atoms with Crippen LogP contribution in [-0.2, 0) is 0 Å². The van der Waals surface area contributed by atoms with Crippen molar-refractivity contribution in [1.29, 1.82) is 0 Å². The Morgan fingerprint density at radius 1 is 0.833 bits per heavy atom. The van der Waals surface area contributed by atoms with E-state index < -0.39 is 0 Å². The highest BCUT2D eigenvalue weighted by molar-refractivity contribution is 4.57. The maximum Gasteiger partial charge on any atom is 0.105 e. The van der Waals surface area contributed by atoms with Crippen LogP contribution in [0.2, 0.25) is 0 Å². The van der Waals surface area contributed by atoms with Gasteiger partial charge in [-0.1, -0.05) is 33.6 Å². The molecule has 18 heavy (non-hydrogen) atoms. The predicted molar refractivity (Wildman–Crippen MR) is 77.5 cm³/mol. The molecule has 3 nitrogen and oxygen atoms in total. The molecule has 0 aromatic rings. The molecule has 0 aromatic heterocycles. The fourth-order valence-corrected chi connectivity index (χ4v) is 2.45. The molecule has 3 heteroatoms. The van der Waals surface area contributed by atoms with E-state index in [2.05, 4.69) is 14.0 Å². The summed E-state index contributed by atoms with van der Waals surface area (Å²) in [4.78, 5) is 0. The summed E-state index contributed by atoms with van der Waals surface area (Å²) in [6, 6.07) is 0. The van der Waals surface area contributed by atoms with E-state index in [1.54, 1.807) is 0 Å². The Kier molecular flexibility index (Phi) is 9.70. The van der Waals surface area contributed by atoms with Crippen LogP contribution < -0.4 is 0 Å². The third-order valence-electron chi connectivity index (χ3n) is 3.80. The first-order chi connectivity index (χ1) is 8.47. The molecule has 0 aromatic carbocycles. The molecule has 2 unspecified atom stereocenters. The van der Waals surface area contributed by atoms with Gasteiger partial charge in [0.15, 0.2) is 0 Å². The predicted octanol–water partition coefficient (Wildman–Crippen LogP) is 2.56. The van der Waals surface area contributed by atoms with E-state index in [1.807, 2.05) is 13.8 Å². The highest BCUT2D eigenvalue weighted by Gasteiger charge is 2.27. The second-order valence-corrected chi connectivity index (χ2v) is 5.89. The van der Waals surface area contributed by atoms with Crippen LogP contribution >= 0.6 is 0 Å². The summed E-state index contributed by atoms with van der Waals surface area (Å²) in [5, 5.41) is 19.8. The van der Waals surface area contributed by atoms with E-state index in [1.165, 1.54) is 25.7 Å². The van der Waals surface area contributed by atoms with Gasteiger partial charge in [-0.2, -0.15) is 0 Å². The first kappa shape index (κ1) is 17.9. The number of hydrogen-bond acceptors (Lipinski definition) is 2. The second-order valence-electron chi connectivity index (χ2n) is 5.89. The molecule has 0 heterocycles. The molecule has 0 bridgehead atoms. The van der Waals surface area contributed by atoms with Gasteiger partial charge >= 0.3 is 0 Å². The van der Waals surface area contributed by atoms with Gasteiger partial charge in [-0.3, -0.25) is 0 Å². The molecule has 0 radical (unpaired) electrons. The first-order valence-electron chi connectivity index (χ1n) is 7.67. The highest BCUT2D eigenvalue weighted by Crippen LogP contribution is 2.13. The van der Waals surface area contributed by atoms with Gasteiger partial charge in [-0.15, -0.1) is 0 Å². The minimum Gasteiger partial charge on any atom is -0.387 e. The summed E-state index contributed by atoms with van der Waals surface area (Å²) in [6.45, 7) is 8.84. The topological polar surface area (TPSA) is 40.5 Å². The van der Waals surface area contributed by atoms with Gasteiger partial charge in [-0.05, 0) is 25.7 Å². The van der Waals surface area contributed by atoms with Crippen LogP contribution in [0.4, 0.5) is 0 Å². The van der Waals surface area contributed by atoms with Crippen molar-refractivity contribution in [3.8, 4) is 0 Å². The average Bonchev–Trinajstić information content (AvgIpc) is 2.34. The van der Waals surface area contributed by atoms with Gasteiger partial charge in [0.2, 0.25) is 0 Å². The highest BCUT2D eigenvalue weighted by atomic mass is 16.3. The lowest BCUT2D eigenvalue weighted by molar-refractivity contribution is -0.915. The van der Waals surface area contributed by atoms with E-state index in [9.17, 15) is 10.2 Å². The van der Waals surface area contributed by atoms with Crippen molar-refractivity contribution < 1.29 is 14.7 Å². The zero-order valence-electron chi connectivity index (χ0n) is 12.9. The van der Waals surface area contributed by atoms with Crippen LogP contribution in [0, 0.1) is 0 Å². The van der Waals surface area contributed by atoms with Crippen LogP contribution in [0.3, 0.4) is 0 Å². The SMILES string of the molecule is CCCCCC[N+](C)(CC(O)CC)CC(O)CC. The monoisotopic (exact) mass is 260 g/mol. The fraction of sp³-hybridized carbons (Fsp3) is 1.00. The van der Waals surface area contributed by atoms with E-state index in [-0.39, 0.29) is 12.2 Å². The summed E-state index contributed by atoms with van der Waals surface area (Å²) in [6.07, 6.45) is 6.09. The molecule has 0 aliphatic carbocycles. The third-order valence-corrected chi connectivity index (χ3v) is 3.80. The molecule has 0 amide bonds. The minimum absolute atomic E-state index is 0.245. The van der Waals surface area contributed by atoms with Gasteiger partial charge in [0.05, 0.1) is 13.6 Å². The molecular formula is C15H34NO2+. The Balaban J connectivity index is 4.29. The maximum absolute atomic E-state index is 9.88. The van der Waals surface area contributed by atoms with Crippen LogP contribution in [0.5, 0.6) is 0 Å². The second kappa shape index (κ2) is 9.76. The summed E-state index contributed by atoms with van der Waals surface area (Å²) in [5.74, 6) is 0. The van der Waals surface area contributed by atoms with Gasteiger partial charge in [0, 0.05) is 0 Å². The summed E-state index contributed by atoms with van der Waals surface area (Å²) < 4.78 is 0.799. The van der Waals surface area contributed by atoms with Crippen molar-refractivity contribution in [2.24, 2.45) is 0 Å². The normalized spacial score (nSPS) is 18.3. The number of unbranched alkanes of at least 4 members (excludes halogenated alkanes) is 3.